The van der Waals surface area contributed by atoms with Gasteiger partial charge in [-0.2, -0.15) is 5.10 Å². The normalized spacial score (nSPS) is 15.8. The van der Waals surface area contributed by atoms with Crippen molar-refractivity contribution in [3.8, 4) is 22.8 Å². The second-order valence-corrected chi connectivity index (χ2v) is 5.87. The van der Waals surface area contributed by atoms with Crippen LogP contribution in [0.3, 0.4) is 0 Å². The topological polar surface area (TPSA) is 73.7 Å². The van der Waals surface area contributed by atoms with Gasteiger partial charge in [0.25, 0.3) is 5.56 Å². The van der Waals surface area contributed by atoms with Crippen LogP contribution in [0, 0.1) is 0 Å². The van der Waals surface area contributed by atoms with Crippen LogP contribution in [0.2, 0.25) is 0 Å². The predicted molar refractivity (Wildman–Crippen MR) is 85.9 cm³/mol. The van der Waals surface area contributed by atoms with Crippen LogP contribution in [-0.2, 0) is 11.3 Å². The first-order valence-electron chi connectivity index (χ1n) is 7.97. The van der Waals surface area contributed by atoms with Crippen LogP contribution in [-0.4, -0.2) is 40.5 Å². The summed E-state index contributed by atoms with van der Waals surface area (Å²) in [4.78, 5) is 26.1. The van der Waals surface area contributed by atoms with E-state index in [0.717, 1.165) is 31.5 Å². The molecule has 124 valence electrons. The van der Waals surface area contributed by atoms with Gasteiger partial charge in [-0.15, -0.1) is 0 Å². The van der Waals surface area contributed by atoms with E-state index in [2.05, 4.69) is 5.10 Å². The standard InChI is InChI=1S/C17H17N3O4/c21-16-6-4-13(12-3-5-14-15(9-12)24-11-23-14)18-20(16)10-17(22)19-7-1-2-8-19/h3-6,9H,1-2,7-8,10-11H2. The average Bonchev–Trinajstić information content (AvgIpc) is 3.27. The molecule has 0 radical (unpaired) electrons. The molecule has 2 aliphatic rings. The Morgan fingerprint density at radius 2 is 1.88 bits per heavy atom. The Morgan fingerprint density at radius 1 is 1.08 bits per heavy atom. The molecule has 1 aromatic carbocycles. The molecule has 1 amide bonds. The summed E-state index contributed by atoms with van der Waals surface area (Å²) in [5, 5.41) is 4.34. The molecule has 0 N–H and O–H groups in total. The SMILES string of the molecule is O=C(Cn1nc(-c2ccc3c(c2)OCO3)ccc1=O)N1CCCC1. The number of carbonyl (C=O) groups excluding carboxylic acids is 1. The molecular weight excluding hydrogens is 310 g/mol. The van der Waals surface area contributed by atoms with Crippen molar-refractivity contribution in [1.82, 2.24) is 14.7 Å². The summed E-state index contributed by atoms with van der Waals surface area (Å²) in [6, 6.07) is 8.57. The van der Waals surface area contributed by atoms with E-state index < -0.39 is 0 Å². The number of ether oxygens (including phenoxy) is 2. The van der Waals surface area contributed by atoms with Crippen LogP contribution < -0.4 is 15.0 Å². The Balaban J connectivity index is 1.61. The van der Waals surface area contributed by atoms with Crippen molar-refractivity contribution in [2.75, 3.05) is 19.9 Å². The molecule has 0 aliphatic carbocycles. The van der Waals surface area contributed by atoms with Gasteiger partial charge in [0.05, 0.1) is 5.69 Å². The van der Waals surface area contributed by atoms with Gasteiger partial charge < -0.3 is 14.4 Å². The van der Waals surface area contributed by atoms with Crippen molar-refractivity contribution >= 4 is 5.91 Å². The Hall–Kier alpha value is -2.83. The summed E-state index contributed by atoms with van der Waals surface area (Å²) in [5.74, 6) is 1.28. The van der Waals surface area contributed by atoms with E-state index in [0.29, 0.717) is 17.2 Å². The molecule has 7 nitrogen and oxygen atoms in total. The van der Waals surface area contributed by atoms with Crippen molar-refractivity contribution < 1.29 is 14.3 Å². The Labute approximate surface area is 138 Å². The number of aromatic nitrogens is 2. The van der Waals surface area contributed by atoms with Gasteiger partial charge in [0.15, 0.2) is 11.5 Å². The van der Waals surface area contributed by atoms with Gasteiger partial charge in [-0.1, -0.05) is 0 Å². The van der Waals surface area contributed by atoms with E-state index in [4.69, 9.17) is 9.47 Å². The molecule has 0 bridgehead atoms. The lowest BCUT2D eigenvalue weighted by molar-refractivity contribution is -0.131. The third-order valence-electron chi connectivity index (χ3n) is 4.28. The summed E-state index contributed by atoms with van der Waals surface area (Å²) >= 11 is 0. The fraction of sp³-hybridized carbons (Fsp3) is 0.353. The molecule has 7 heteroatoms. The van der Waals surface area contributed by atoms with Gasteiger partial charge in [-0.25, -0.2) is 4.68 Å². The molecule has 1 aromatic heterocycles. The van der Waals surface area contributed by atoms with Gasteiger partial charge in [0.1, 0.15) is 6.54 Å². The molecular formula is C17H17N3O4. The van der Waals surface area contributed by atoms with Gasteiger partial charge in [-0.05, 0) is 37.1 Å². The number of likely N-dealkylation sites (tertiary alicyclic amines) is 1. The molecule has 1 fully saturated rings. The maximum absolute atomic E-state index is 12.3. The zero-order chi connectivity index (χ0) is 16.5. The lowest BCUT2D eigenvalue weighted by Crippen LogP contribution is -2.35. The van der Waals surface area contributed by atoms with Crippen LogP contribution in [0.4, 0.5) is 0 Å². The first-order valence-corrected chi connectivity index (χ1v) is 7.97. The van der Waals surface area contributed by atoms with Crippen LogP contribution in [0.15, 0.2) is 35.1 Å². The minimum atomic E-state index is -0.285. The largest absolute Gasteiger partial charge is 0.454 e. The molecule has 2 aliphatic heterocycles. The third kappa shape index (κ3) is 2.73. The Bertz CT molecular complexity index is 840. The number of fused-ring (bicyclic) bond motifs is 1. The quantitative estimate of drug-likeness (QED) is 0.848. The summed E-state index contributed by atoms with van der Waals surface area (Å²) in [6.07, 6.45) is 2.04. The van der Waals surface area contributed by atoms with Gasteiger partial charge in [-0.3, -0.25) is 9.59 Å². The predicted octanol–water partition coefficient (Wildman–Crippen LogP) is 1.26. The zero-order valence-electron chi connectivity index (χ0n) is 13.1. The van der Waals surface area contributed by atoms with E-state index >= 15 is 0 Å². The number of nitrogens with zero attached hydrogens (tertiary/aromatic N) is 3. The highest BCUT2D eigenvalue weighted by molar-refractivity contribution is 5.76. The molecule has 0 unspecified atom stereocenters. The van der Waals surface area contributed by atoms with Crippen LogP contribution in [0.1, 0.15) is 12.8 Å². The third-order valence-corrected chi connectivity index (χ3v) is 4.28. The number of hydrogen-bond acceptors (Lipinski definition) is 5. The fourth-order valence-corrected chi connectivity index (χ4v) is 2.97. The molecule has 0 saturated carbocycles. The lowest BCUT2D eigenvalue weighted by atomic mass is 10.1. The molecule has 0 spiro atoms. The minimum Gasteiger partial charge on any atom is -0.454 e. The monoisotopic (exact) mass is 327 g/mol. The number of rotatable bonds is 3. The molecule has 4 rings (SSSR count). The van der Waals surface area contributed by atoms with Crippen LogP contribution >= 0.6 is 0 Å². The average molecular weight is 327 g/mol. The summed E-state index contributed by atoms with van der Waals surface area (Å²) in [6.45, 7) is 1.69. The first kappa shape index (κ1) is 14.7. The molecule has 1 saturated heterocycles. The number of benzene rings is 1. The first-order chi connectivity index (χ1) is 11.7. The van der Waals surface area contributed by atoms with Gasteiger partial charge >= 0.3 is 0 Å². The van der Waals surface area contributed by atoms with Crippen molar-refractivity contribution in [2.24, 2.45) is 0 Å². The molecule has 3 heterocycles. The van der Waals surface area contributed by atoms with Crippen LogP contribution in [0.25, 0.3) is 11.3 Å². The van der Waals surface area contributed by atoms with Crippen molar-refractivity contribution in [3.63, 3.8) is 0 Å². The molecule has 24 heavy (non-hydrogen) atoms. The smallest absolute Gasteiger partial charge is 0.267 e. The van der Waals surface area contributed by atoms with Crippen molar-refractivity contribution in [1.29, 1.82) is 0 Å². The van der Waals surface area contributed by atoms with E-state index in [9.17, 15) is 9.59 Å². The van der Waals surface area contributed by atoms with E-state index in [1.54, 1.807) is 11.0 Å². The van der Waals surface area contributed by atoms with E-state index in [1.807, 2.05) is 18.2 Å². The second-order valence-electron chi connectivity index (χ2n) is 5.87. The van der Waals surface area contributed by atoms with E-state index in [1.165, 1.54) is 10.7 Å². The Kier molecular flexibility index (Phi) is 3.68. The highest BCUT2D eigenvalue weighted by Crippen LogP contribution is 2.35. The van der Waals surface area contributed by atoms with Crippen molar-refractivity contribution in [3.05, 3.63) is 40.7 Å². The Morgan fingerprint density at radius 3 is 2.71 bits per heavy atom. The highest BCUT2D eigenvalue weighted by atomic mass is 16.7. The summed E-state index contributed by atoms with van der Waals surface area (Å²) < 4.78 is 11.9. The molecule has 2 aromatic rings. The van der Waals surface area contributed by atoms with E-state index in [-0.39, 0.29) is 24.8 Å². The highest BCUT2D eigenvalue weighted by Gasteiger charge is 2.19. The molecule has 0 atom stereocenters. The lowest BCUT2D eigenvalue weighted by Gasteiger charge is -2.15. The van der Waals surface area contributed by atoms with Gasteiger partial charge in [0.2, 0.25) is 12.7 Å². The maximum Gasteiger partial charge on any atom is 0.267 e. The maximum atomic E-state index is 12.3. The summed E-state index contributed by atoms with van der Waals surface area (Å²) in [5.41, 5.74) is 1.13. The number of hydrogen-bond donors (Lipinski definition) is 0. The minimum absolute atomic E-state index is 0.0305. The second kappa shape index (κ2) is 5.99. The fourth-order valence-electron chi connectivity index (χ4n) is 2.97. The zero-order valence-corrected chi connectivity index (χ0v) is 13.1. The summed E-state index contributed by atoms with van der Waals surface area (Å²) in [7, 11) is 0. The number of amides is 1. The van der Waals surface area contributed by atoms with Gasteiger partial charge in [0, 0.05) is 24.7 Å². The van der Waals surface area contributed by atoms with Crippen molar-refractivity contribution in [2.45, 2.75) is 19.4 Å². The van der Waals surface area contributed by atoms with Crippen LogP contribution in [0.5, 0.6) is 11.5 Å². The number of carbonyl (C=O) groups is 1.